The monoisotopic (exact) mass is 453 g/mol. The number of hydrogen-bond acceptors (Lipinski definition) is 4. The second kappa shape index (κ2) is 9.75. The maximum Gasteiger partial charge on any atom is 0.255 e. The second-order valence-electron chi connectivity index (χ2n) is 8.29. The molecule has 4 aromatic rings. The molecule has 0 saturated heterocycles. The third kappa shape index (κ3) is 5.41. The van der Waals surface area contributed by atoms with Crippen molar-refractivity contribution in [2.24, 2.45) is 5.92 Å². The van der Waals surface area contributed by atoms with Crippen LogP contribution in [0.3, 0.4) is 0 Å². The molecular weight excluding hydrogens is 426 g/mol. The largest absolute Gasteiger partial charge is 0.457 e. The lowest BCUT2D eigenvalue weighted by Crippen LogP contribution is -2.14. The van der Waals surface area contributed by atoms with Crippen molar-refractivity contribution < 1.29 is 14.3 Å². The predicted molar refractivity (Wildman–Crippen MR) is 135 cm³/mol. The number of pyridine rings is 1. The number of benzene rings is 3. The molecule has 1 saturated carbocycles. The minimum Gasteiger partial charge on any atom is -0.457 e. The van der Waals surface area contributed by atoms with Crippen LogP contribution in [0.1, 0.15) is 36.2 Å². The first-order chi connectivity index (χ1) is 16.0. The quantitative estimate of drug-likeness (QED) is 0.346. The molecule has 1 aliphatic rings. The van der Waals surface area contributed by atoms with Gasteiger partial charge in [0.15, 0.2) is 0 Å². The Morgan fingerprint density at radius 1 is 0.882 bits per heavy atom. The smallest absolute Gasteiger partial charge is 0.255 e. The zero-order chi connectivity index (χ0) is 22.8. The summed E-state index contributed by atoms with van der Waals surface area (Å²) in [6.07, 6.45) is 3.47. The van der Waals surface area contributed by atoms with E-state index in [2.05, 4.69) is 15.6 Å². The SMILES string of the molecule is C.Cc1cccc(NC(=O)c2ccc3ccc(Oc4ccnc(NC(=O)C5CC5)c4)cc3c2)c1. The van der Waals surface area contributed by atoms with Crippen molar-refractivity contribution >= 4 is 34.1 Å². The minimum atomic E-state index is -0.168. The van der Waals surface area contributed by atoms with Gasteiger partial charge in [-0.1, -0.05) is 31.7 Å². The number of aromatic nitrogens is 1. The molecule has 2 amide bonds. The van der Waals surface area contributed by atoms with Gasteiger partial charge in [0.2, 0.25) is 5.91 Å². The summed E-state index contributed by atoms with van der Waals surface area (Å²) < 4.78 is 6.00. The molecule has 172 valence electrons. The maximum atomic E-state index is 12.7. The average molecular weight is 454 g/mol. The highest BCUT2D eigenvalue weighted by Gasteiger charge is 2.29. The van der Waals surface area contributed by atoms with Crippen molar-refractivity contribution in [3.63, 3.8) is 0 Å². The lowest BCUT2D eigenvalue weighted by atomic mass is 10.1. The van der Waals surface area contributed by atoms with E-state index in [1.807, 2.05) is 67.6 Å². The number of aryl methyl sites for hydroxylation is 1. The fraction of sp³-hybridized carbons (Fsp3) is 0.179. The molecular formula is C28H27N3O3. The molecule has 0 atom stereocenters. The lowest BCUT2D eigenvalue weighted by molar-refractivity contribution is -0.117. The highest BCUT2D eigenvalue weighted by atomic mass is 16.5. The summed E-state index contributed by atoms with van der Waals surface area (Å²) in [5, 5.41) is 7.66. The van der Waals surface area contributed by atoms with Gasteiger partial charge in [-0.3, -0.25) is 9.59 Å². The molecule has 1 heterocycles. The van der Waals surface area contributed by atoms with Crippen LogP contribution >= 0.6 is 0 Å². The van der Waals surface area contributed by atoms with E-state index in [9.17, 15) is 9.59 Å². The summed E-state index contributed by atoms with van der Waals surface area (Å²) in [5.41, 5.74) is 2.41. The van der Waals surface area contributed by atoms with E-state index in [1.165, 1.54) is 0 Å². The third-order valence-electron chi connectivity index (χ3n) is 5.52. The van der Waals surface area contributed by atoms with Gasteiger partial charge < -0.3 is 15.4 Å². The number of ether oxygens (including phenoxy) is 1. The molecule has 0 bridgehead atoms. The van der Waals surface area contributed by atoms with E-state index >= 15 is 0 Å². The highest BCUT2D eigenvalue weighted by Crippen LogP contribution is 2.31. The molecule has 0 aliphatic heterocycles. The molecule has 6 heteroatoms. The second-order valence-corrected chi connectivity index (χ2v) is 8.29. The zero-order valence-corrected chi connectivity index (χ0v) is 18.2. The topological polar surface area (TPSA) is 80.3 Å². The number of carbonyl (C=O) groups is 2. The summed E-state index contributed by atoms with van der Waals surface area (Å²) in [6.45, 7) is 1.99. The van der Waals surface area contributed by atoms with E-state index in [-0.39, 0.29) is 25.2 Å². The highest BCUT2D eigenvalue weighted by molar-refractivity contribution is 6.06. The first kappa shape index (κ1) is 23.0. The Morgan fingerprint density at radius 2 is 1.68 bits per heavy atom. The van der Waals surface area contributed by atoms with Crippen LogP contribution in [0.5, 0.6) is 11.5 Å². The normalized spacial score (nSPS) is 12.5. The molecule has 2 N–H and O–H groups in total. The fourth-order valence-corrected chi connectivity index (χ4v) is 3.61. The minimum absolute atomic E-state index is 0. The lowest BCUT2D eigenvalue weighted by Gasteiger charge is -2.10. The van der Waals surface area contributed by atoms with E-state index in [1.54, 1.807) is 18.3 Å². The Kier molecular flexibility index (Phi) is 6.59. The Bertz CT molecular complexity index is 1360. The number of amides is 2. The number of carbonyl (C=O) groups excluding carboxylic acids is 2. The summed E-state index contributed by atoms with van der Waals surface area (Å²) in [5.74, 6) is 1.61. The van der Waals surface area contributed by atoms with Crippen molar-refractivity contribution in [1.29, 1.82) is 0 Å². The van der Waals surface area contributed by atoms with E-state index in [0.717, 1.165) is 34.9 Å². The van der Waals surface area contributed by atoms with Gasteiger partial charge in [-0.15, -0.1) is 0 Å². The standard InChI is InChI=1S/C27H23N3O3.CH4/c1-17-3-2-4-22(13-17)29-27(32)20-8-5-18-9-10-23(15-21(18)14-20)33-24-11-12-28-25(16-24)30-26(31)19-6-7-19;/h2-5,8-16,19H,6-7H2,1H3,(H,29,32)(H,28,30,31);1H4. The van der Waals surface area contributed by atoms with Crippen molar-refractivity contribution in [3.05, 3.63) is 90.1 Å². The van der Waals surface area contributed by atoms with Gasteiger partial charge in [-0.25, -0.2) is 4.98 Å². The third-order valence-corrected chi connectivity index (χ3v) is 5.52. The summed E-state index contributed by atoms with van der Waals surface area (Å²) >= 11 is 0. The zero-order valence-electron chi connectivity index (χ0n) is 18.2. The Balaban J connectivity index is 0.00000274. The number of rotatable bonds is 6. The van der Waals surface area contributed by atoms with Gasteiger partial charge >= 0.3 is 0 Å². The van der Waals surface area contributed by atoms with Gasteiger partial charge in [0.25, 0.3) is 5.91 Å². The number of nitrogens with zero attached hydrogens (tertiary/aromatic N) is 1. The van der Waals surface area contributed by atoms with Crippen LogP contribution in [0.25, 0.3) is 10.8 Å². The van der Waals surface area contributed by atoms with Gasteiger partial charge in [0.1, 0.15) is 17.3 Å². The van der Waals surface area contributed by atoms with Crippen LogP contribution in [0.4, 0.5) is 11.5 Å². The summed E-state index contributed by atoms with van der Waals surface area (Å²) in [4.78, 5) is 28.9. The van der Waals surface area contributed by atoms with Crippen LogP contribution in [-0.2, 0) is 4.79 Å². The number of hydrogen-bond donors (Lipinski definition) is 2. The van der Waals surface area contributed by atoms with E-state index < -0.39 is 0 Å². The number of anilines is 2. The molecule has 34 heavy (non-hydrogen) atoms. The first-order valence-electron chi connectivity index (χ1n) is 10.9. The van der Waals surface area contributed by atoms with Gasteiger partial charge in [0, 0.05) is 29.4 Å². The van der Waals surface area contributed by atoms with Crippen LogP contribution in [-0.4, -0.2) is 16.8 Å². The van der Waals surface area contributed by atoms with Gasteiger partial charge in [-0.2, -0.15) is 0 Å². The Labute approximate surface area is 199 Å². The molecule has 1 aliphatic carbocycles. The van der Waals surface area contributed by atoms with Gasteiger partial charge in [-0.05, 0) is 78.6 Å². The molecule has 1 aromatic heterocycles. The van der Waals surface area contributed by atoms with Crippen molar-refractivity contribution in [3.8, 4) is 11.5 Å². The fourth-order valence-electron chi connectivity index (χ4n) is 3.61. The molecule has 5 rings (SSSR count). The number of fused-ring (bicyclic) bond motifs is 1. The van der Waals surface area contributed by atoms with E-state index in [0.29, 0.717) is 22.9 Å². The average Bonchev–Trinajstić information content (AvgIpc) is 3.64. The van der Waals surface area contributed by atoms with Crippen LogP contribution in [0.2, 0.25) is 0 Å². The van der Waals surface area contributed by atoms with Crippen LogP contribution < -0.4 is 15.4 Å². The molecule has 3 aromatic carbocycles. The summed E-state index contributed by atoms with van der Waals surface area (Å²) in [7, 11) is 0. The van der Waals surface area contributed by atoms with Crippen molar-refractivity contribution in [2.45, 2.75) is 27.2 Å². The van der Waals surface area contributed by atoms with Gasteiger partial charge in [0.05, 0.1) is 0 Å². The van der Waals surface area contributed by atoms with Crippen molar-refractivity contribution in [1.82, 2.24) is 4.98 Å². The maximum absolute atomic E-state index is 12.7. The van der Waals surface area contributed by atoms with Crippen LogP contribution in [0, 0.1) is 12.8 Å². The van der Waals surface area contributed by atoms with Crippen LogP contribution in [0.15, 0.2) is 79.0 Å². The molecule has 1 fully saturated rings. The molecule has 0 spiro atoms. The Hall–Kier alpha value is -4.19. The first-order valence-corrected chi connectivity index (χ1v) is 10.9. The molecule has 0 unspecified atom stereocenters. The Morgan fingerprint density at radius 3 is 2.47 bits per heavy atom. The van der Waals surface area contributed by atoms with E-state index in [4.69, 9.17) is 4.74 Å². The molecule has 6 nitrogen and oxygen atoms in total. The van der Waals surface area contributed by atoms with Crippen molar-refractivity contribution in [2.75, 3.05) is 10.6 Å². The predicted octanol–water partition coefficient (Wildman–Crippen LogP) is 6.57. The number of nitrogens with one attached hydrogen (secondary N) is 2. The summed E-state index contributed by atoms with van der Waals surface area (Å²) in [6, 6.07) is 22.4. The molecule has 0 radical (unpaired) electrons.